The molecule has 8 nitrogen and oxygen atoms in total. The third kappa shape index (κ3) is 18.3. The van der Waals surface area contributed by atoms with Crippen molar-refractivity contribution in [2.45, 2.75) is 73.9 Å². The summed E-state index contributed by atoms with van der Waals surface area (Å²) in [6.07, 6.45) is 3.79. The van der Waals surface area contributed by atoms with Gasteiger partial charge in [0, 0.05) is 22.8 Å². The van der Waals surface area contributed by atoms with Crippen molar-refractivity contribution in [1.82, 2.24) is 21.3 Å². The Labute approximate surface area is 250 Å². The zero-order chi connectivity index (χ0) is 31.2. The van der Waals surface area contributed by atoms with Crippen LogP contribution in [0.4, 0.5) is 0 Å². The molecule has 0 bridgehead atoms. The van der Waals surface area contributed by atoms with Crippen molar-refractivity contribution in [3.63, 3.8) is 0 Å². The van der Waals surface area contributed by atoms with Crippen molar-refractivity contribution < 1.29 is 19.2 Å². The molecule has 0 unspecified atom stereocenters. The number of hydrogen-bond donors (Lipinski definition) is 4. The lowest BCUT2D eigenvalue weighted by atomic mass is 10.2. The number of carbonyl (C=O) groups is 4. The number of allylic oxidation sites excluding steroid dienone is 1. The molecule has 0 saturated heterocycles. The largest absolute Gasteiger partial charge is 0.376 e. The van der Waals surface area contributed by atoms with Gasteiger partial charge in [-0.1, -0.05) is 96.0 Å². The number of amides is 3. The smallest absolute Gasteiger partial charge is 0.289 e. The molecule has 2 rings (SSSR count). The molecule has 226 valence electrons. The lowest BCUT2D eigenvalue weighted by molar-refractivity contribution is -0.138. The molecule has 2 aromatic carbocycles. The molecule has 3 amide bonds. The van der Waals surface area contributed by atoms with E-state index in [9.17, 15) is 19.2 Å². The van der Waals surface area contributed by atoms with Gasteiger partial charge in [0.1, 0.15) is 6.04 Å². The Hall–Kier alpha value is -3.65. The van der Waals surface area contributed by atoms with Crippen LogP contribution in [-0.2, 0) is 20.9 Å². The molecule has 0 spiro atoms. The van der Waals surface area contributed by atoms with Gasteiger partial charge in [-0.3, -0.25) is 19.2 Å². The van der Waals surface area contributed by atoms with Crippen molar-refractivity contribution in [3.8, 4) is 0 Å². The average Bonchev–Trinajstić information content (AvgIpc) is 2.94. The molecule has 0 saturated carbocycles. The Morgan fingerprint density at radius 1 is 0.805 bits per heavy atom. The Balaban J connectivity index is 0.00000205. The number of rotatable bonds is 12. The van der Waals surface area contributed by atoms with Crippen LogP contribution in [0.3, 0.4) is 0 Å². The summed E-state index contributed by atoms with van der Waals surface area (Å²) in [4.78, 5) is 48.7. The Kier molecular flexibility index (Phi) is 20.1. The van der Waals surface area contributed by atoms with Crippen LogP contribution in [0.2, 0.25) is 5.02 Å². The van der Waals surface area contributed by atoms with E-state index in [1.807, 2.05) is 43.3 Å². The SMILES string of the molecule is CC(C)C.CC/C=C(\CNC(=O)c1ccc(Cl)cc1)N[C@@H](C)C(=O)NCC(=O)C(=O)NCc1ccccc1.CCC. The fourth-order valence-corrected chi connectivity index (χ4v) is 3.05. The number of benzene rings is 2. The predicted molar refractivity (Wildman–Crippen MR) is 168 cm³/mol. The van der Waals surface area contributed by atoms with Crippen LogP contribution >= 0.6 is 11.6 Å². The second-order valence-electron chi connectivity index (χ2n) is 9.94. The molecule has 2 aromatic rings. The Morgan fingerprint density at radius 2 is 1.37 bits per heavy atom. The van der Waals surface area contributed by atoms with E-state index in [-0.39, 0.29) is 19.0 Å². The number of halogens is 1. The van der Waals surface area contributed by atoms with Crippen molar-refractivity contribution in [2.75, 3.05) is 13.1 Å². The van der Waals surface area contributed by atoms with Gasteiger partial charge in [0.2, 0.25) is 11.7 Å². The Morgan fingerprint density at radius 3 is 1.90 bits per heavy atom. The summed E-state index contributed by atoms with van der Waals surface area (Å²) in [5.41, 5.74) is 1.98. The van der Waals surface area contributed by atoms with Crippen LogP contribution < -0.4 is 21.3 Å². The highest BCUT2D eigenvalue weighted by Crippen LogP contribution is 2.09. The van der Waals surface area contributed by atoms with Gasteiger partial charge in [0.05, 0.1) is 13.1 Å². The lowest BCUT2D eigenvalue weighted by Gasteiger charge is -2.18. The molecule has 0 heterocycles. The molecule has 0 aliphatic rings. The molecule has 41 heavy (non-hydrogen) atoms. The van der Waals surface area contributed by atoms with Crippen molar-refractivity contribution in [1.29, 1.82) is 0 Å². The van der Waals surface area contributed by atoms with E-state index in [1.165, 1.54) is 6.42 Å². The second kappa shape index (κ2) is 22.1. The molecular weight excluding hydrogens is 540 g/mol. The van der Waals surface area contributed by atoms with Crippen molar-refractivity contribution in [2.24, 2.45) is 5.92 Å². The molecular formula is C32H47ClN4O4. The third-order valence-electron chi connectivity index (χ3n) is 4.76. The molecule has 0 aliphatic carbocycles. The van der Waals surface area contributed by atoms with Gasteiger partial charge in [0.15, 0.2) is 0 Å². The zero-order valence-corrected chi connectivity index (χ0v) is 26.2. The van der Waals surface area contributed by atoms with Crippen LogP contribution in [0.1, 0.15) is 77.2 Å². The number of hydrogen-bond acceptors (Lipinski definition) is 5. The van der Waals surface area contributed by atoms with Gasteiger partial charge >= 0.3 is 0 Å². The van der Waals surface area contributed by atoms with E-state index < -0.39 is 30.2 Å². The number of Topliss-reactive ketones (excluding diaryl/α,β-unsaturated/α-hetero) is 1. The summed E-state index contributed by atoms with van der Waals surface area (Å²) in [6, 6.07) is 15.0. The highest BCUT2D eigenvalue weighted by Gasteiger charge is 2.18. The van der Waals surface area contributed by atoms with Gasteiger partial charge < -0.3 is 21.3 Å². The topological polar surface area (TPSA) is 116 Å². The molecule has 0 fully saturated rings. The van der Waals surface area contributed by atoms with Crippen LogP contribution in [0.15, 0.2) is 66.4 Å². The molecule has 4 N–H and O–H groups in total. The summed E-state index contributed by atoms with van der Waals surface area (Å²) in [7, 11) is 0. The van der Waals surface area contributed by atoms with Crippen LogP contribution in [0, 0.1) is 5.92 Å². The van der Waals surface area contributed by atoms with Gasteiger partial charge in [-0.15, -0.1) is 0 Å². The normalized spacial score (nSPS) is 11.1. The molecule has 0 radical (unpaired) electrons. The van der Waals surface area contributed by atoms with E-state index in [0.29, 0.717) is 22.7 Å². The van der Waals surface area contributed by atoms with E-state index in [1.54, 1.807) is 31.2 Å². The monoisotopic (exact) mass is 586 g/mol. The molecule has 0 aromatic heterocycles. The standard InChI is InChI=1S/C25H29ClN4O4.C4H10.C3H8/c1-3-7-21(15-28-24(33)19-10-12-20(26)13-11-19)30-17(2)23(32)29-16-22(31)25(34)27-14-18-8-5-4-6-9-18;1-4(2)3;1-3-2/h4-13,17,30H,3,14-16H2,1-2H3,(H,27,34)(H,28,33)(H,29,32);4H,1-3H3;3H2,1-2H3/b21-7+;;/t17-;;/m0../s1. The lowest BCUT2D eigenvalue weighted by Crippen LogP contribution is -2.46. The minimum absolute atomic E-state index is 0.188. The van der Waals surface area contributed by atoms with Crippen LogP contribution in [0.5, 0.6) is 0 Å². The molecule has 1 atom stereocenters. The second-order valence-corrected chi connectivity index (χ2v) is 10.4. The number of ketones is 1. The highest BCUT2D eigenvalue weighted by atomic mass is 35.5. The van der Waals surface area contributed by atoms with E-state index in [2.05, 4.69) is 55.9 Å². The van der Waals surface area contributed by atoms with Crippen molar-refractivity contribution >= 4 is 35.1 Å². The van der Waals surface area contributed by atoms with E-state index in [0.717, 1.165) is 11.5 Å². The van der Waals surface area contributed by atoms with Gasteiger partial charge in [-0.25, -0.2) is 0 Å². The van der Waals surface area contributed by atoms with Gasteiger partial charge in [0.25, 0.3) is 11.8 Å². The molecule has 9 heteroatoms. The van der Waals surface area contributed by atoms with Crippen LogP contribution in [0.25, 0.3) is 0 Å². The highest BCUT2D eigenvalue weighted by molar-refractivity contribution is 6.37. The summed E-state index contributed by atoms with van der Waals surface area (Å²) in [6.45, 7) is 14.3. The first kappa shape index (κ1) is 37.4. The van der Waals surface area contributed by atoms with Crippen molar-refractivity contribution in [3.05, 3.63) is 82.5 Å². The maximum Gasteiger partial charge on any atom is 0.289 e. The minimum atomic E-state index is -0.763. The first-order valence-corrected chi connectivity index (χ1v) is 14.4. The first-order chi connectivity index (χ1) is 19.4. The predicted octanol–water partition coefficient (Wildman–Crippen LogP) is 5.42. The first-order valence-electron chi connectivity index (χ1n) is 14.1. The number of carbonyl (C=O) groups excluding carboxylic acids is 4. The fraction of sp³-hybridized carbons (Fsp3) is 0.438. The molecule has 0 aliphatic heterocycles. The van der Waals surface area contributed by atoms with Gasteiger partial charge in [-0.2, -0.15) is 0 Å². The Bertz CT molecular complexity index is 1080. The summed E-state index contributed by atoms with van der Waals surface area (Å²) in [5, 5.41) is 11.4. The summed E-state index contributed by atoms with van der Waals surface area (Å²) in [5.74, 6) is -1.39. The maximum atomic E-state index is 12.4. The van der Waals surface area contributed by atoms with Gasteiger partial charge in [-0.05, 0) is 49.1 Å². The zero-order valence-electron chi connectivity index (χ0n) is 25.5. The fourth-order valence-electron chi connectivity index (χ4n) is 2.93. The summed E-state index contributed by atoms with van der Waals surface area (Å²) < 4.78 is 0. The number of nitrogens with one attached hydrogen (secondary N) is 4. The average molecular weight is 587 g/mol. The minimum Gasteiger partial charge on any atom is -0.376 e. The van der Waals surface area contributed by atoms with Crippen LogP contribution in [-0.4, -0.2) is 42.6 Å². The third-order valence-corrected chi connectivity index (χ3v) is 5.02. The summed E-state index contributed by atoms with van der Waals surface area (Å²) >= 11 is 5.84. The van der Waals surface area contributed by atoms with E-state index >= 15 is 0 Å². The quantitative estimate of drug-likeness (QED) is 0.248. The van der Waals surface area contributed by atoms with E-state index in [4.69, 9.17) is 11.6 Å². The maximum absolute atomic E-state index is 12.4.